The van der Waals surface area contributed by atoms with Crippen molar-refractivity contribution in [3.8, 4) is 5.75 Å². The molecule has 0 spiro atoms. The van der Waals surface area contributed by atoms with Gasteiger partial charge in [0.05, 0.1) is 7.11 Å². The maximum absolute atomic E-state index is 13.5. The lowest BCUT2D eigenvalue weighted by Gasteiger charge is -2.06. The fraction of sp³-hybridized carbons (Fsp3) is 0.118. The number of halogens is 2. The summed E-state index contributed by atoms with van der Waals surface area (Å²) in [6.45, 7) is 1.70. The third-order valence-corrected chi connectivity index (χ3v) is 3.05. The second kappa shape index (κ2) is 6.85. The average Bonchev–Trinajstić information content (AvgIpc) is 2.48. The summed E-state index contributed by atoms with van der Waals surface area (Å²) < 4.78 is 31.3. The van der Waals surface area contributed by atoms with Gasteiger partial charge in [0.1, 0.15) is 5.82 Å². The van der Waals surface area contributed by atoms with E-state index in [1.807, 2.05) is 0 Å². The third kappa shape index (κ3) is 3.91. The molecule has 0 aromatic heterocycles. The van der Waals surface area contributed by atoms with E-state index in [0.29, 0.717) is 16.8 Å². The molecule has 0 atom stereocenters. The highest BCUT2D eigenvalue weighted by Gasteiger charge is 2.04. The van der Waals surface area contributed by atoms with Crippen molar-refractivity contribution < 1.29 is 18.3 Å². The molecule has 114 valence electrons. The van der Waals surface area contributed by atoms with E-state index < -0.39 is 5.82 Å². The summed E-state index contributed by atoms with van der Waals surface area (Å²) in [5.74, 6) is -1.10. The maximum Gasteiger partial charge on any atom is 0.248 e. The van der Waals surface area contributed by atoms with Crippen LogP contribution in [0.4, 0.5) is 14.5 Å². The Bertz CT molecular complexity index is 727. The van der Waals surface area contributed by atoms with Crippen LogP contribution >= 0.6 is 0 Å². The number of amides is 1. The van der Waals surface area contributed by atoms with Crippen molar-refractivity contribution in [3.05, 3.63) is 65.2 Å². The number of hydrogen-bond acceptors (Lipinski definition) is 2. The van der Waals surface area contributed by atoms with Crippen LogP contribution in [0.15, 0.2) is 42.5 Å². The molecule has 5 heteroatoms. The van der Waals surface area contributed by atoms with Gasteiger partial charge in [-0.1, -0.05) is 6.07 Å². The van der Waals surface area contributed by atoms with Crippen molar-refractivity contribution >= 4 is 17.7 Å². The first kappa shape index (κ1) is 15.7. The van der Waals surface area contributed by atoms with E-state index in [1.165, 1.54) is 49.6 Å². The zero-order chi connectivity index (χ0) is 16.1. The summed E-state index contributed by atoms with van der Waals surface area (Å²) in [5.41, 5.74) is 1.68. The summed E-state index contributed by atoms with van der Waals surface area (Å²) in [6, 6.07) is 8.48. The Balaban J connectivity index is 2.06. The largest absolute Gasteiger partial charge is 0.494 e. The number of nitrogens with one attached hydrogen (secondary N) is 1. The van der Waals surface area contributed by atoms with Crippen molar-refractivity contribution in [2.45, 2.75) is 6.92 Å². The van der Waals surface area contributed by atoms with Crippen LogP contribution in [0.1, 0.15) is 11.1 Å². The van der Waals surface area contributed by atoms with E-state index in [1.54, 1.807) is 13.0 Å². The van der Waals surface area contributed by atoms with Gasteiger partial charge in [0.15, 0.2) is 11.6 Å². The zero-order valence-corrected chi connectivity index (χ0v) is 12.2. The Labute approximate surface area is 127 Å². The van der Waals surface area contributed by atoms with E-state index in [2.05, 4.69) is 5.32 Å². The molecule has 2 rings (SSSR count). The Hall–Kier alpha value is -2.69. The van der Waals surface area contributed by atoms with Gasteiger partial charge in [0.2, 0.25) is 5.91 Å². The molecule has 0 heterocycles. The standard InChI is InChI=1S/C17H15F2NO2/c1-11-9-13(18)5-6-15(11)20-17(21)8-4-12-3-7-16(22-2)14(19)10-12/h3-10H,1-2H3,(H,20,21)/b8-4+. The van der Waals surface area contributed by atoms with Crippen LogP contribution in [0.25, 0.3) is 6.08 Å². The van der Waals surface area contributed by atoms with Crippen molar-refractivity contribution in [3.63, 3.8) is 0 Å². The summed E-state index contributed by atoms with van der Waals surface area (Å²) >= 11 is 0. The number of aryl methyl sites for hydroxylation is 1. The molecule has 0 aliphatic rings. The lowest BCUT2D eigenvalue weighted by atomic mass is 10.2. The zero-order valence-electron chi connectivity index (χ0n) is 12.2. The lowest BCUT2D eigenvalue weighted by Crippen LogP contribution is -2.09. The maximum atomic E-state index is 13.5. The van der Waals surface area contributed by atoms with Gasteiger partial charge in [0.25, 0.3) is 0 Å². The molecule has 0 saturated heterocycles. The molecular formula is C17H15F2NO2. The van der Waals surface area contributed by atoms with Crippen molar-refractivity contribution in [2.24, 2.45) is 0 Å². The molecule has 0 aliphatic heterocycles. The number of carbonyl (C=O) groups excluding carboxylic acids is 1. The Morgan fingerprint density at radius 3 is 2.59 bits per heavy atom. The molecule has 0 bridgehead atoms. The highest BCUT2D eigenvalue weighted by Crippen LogP contribution is 2.19. The number of anilines is 1. The second-order valence-corrected chi connectivity index (χ2v) is 4.68. The van der Waals surface area contributed by atoms with Crippen LogP contribution in [0.2, 0.25) is 0 Å². The van der Waals surface area contributed by atoms with Gasteiger partial charge in [-0.2, -0.15) is 0 Å². The van der Waals surface area contributed by atoms with Gasteiger partial charge in [-0.15, -0.1) is 0 Å². The molecule has 2 aromatic rings. The van der Waals surface area contributed by atoms with Crippen LogP contribution in [0, 0.1) is 18.6 Å². The fourth-order valence-electron chi connectivity index (χ4n) is 1.90. The van der Waals surface area contributed by atoms with Gasteiger partial charge in [-0.25, -0.2) is 8.78 Å². The highest BCUT2D eigenvalue weighted by atomic mass is 19.1. The topological polar surface area (TPSA) is 38.3 Å². The normalized spacial score (nSPS) is 10.7. The van der Waals surface area contributed by atoms with E-state index >= 15 is 0 Å². The lowest BCUT2D eigenvalue weighted by molar-refractivity contribution is -0.111. The number of carbonyl (C=O) groups is 1. The average molecular weight is 303 g/mol. The van der Waals surface area contributed by atoms with Crippen LogP contribution in [0.5, 0.6) is 5.75 Å². The van der Waals surface area contributed by atoms with E-state index in [0.717, 1.165) is 0 Å². The first-order chi connectivity index (χ1) is 10.5. The van der Waals surface area contributed by atoms with E-state index in [9.17, 15) is 13.6 Å². The number of methoxy groups -OCH3 is 1. The number of hydrogen-bond donors (Lipinski definition) is 1. The summed E-state index contributed by atoms with van der Waals surface area (Å²) in [4.78, 5) is 11.8. The van der Waals surface area contributed by atoms with Crippen LogP contribution in [-0.4, -0.2) is 13.0 Å². The Morgan fingerprint density at radius 2 is 1.95 bits per heavy atom. The highest BCUT2D eigenvalue weighted by molar-refractivity contribution is 6.02. The fourth-order valence-corrected chi connectivity index (χ4v) is 1.90. The van der Waals surface area contributed by atoms with Gasteiger partial charge in [-0.3, -0.25) is 4.79 Å². The molecule has 22 heavy (non-hydrogen) atoms. The van der Waals surface area contributed by atoms with Crippen LogP contribution in [-0.2, 0) is 4.79 Å². The third-order valence-electron chi connectivity index (χ3n) is 3.05. The summed E-state index contributed by atoms with van der Waals surface area (Å²) in [5, 5.41) is 2.63. The predicted octanol–water partition coefficient (Wildman–Crippen LogP) is 3.93. The molecular weight excluding hydrogens is 288 g/mol. The van der Waals surface area contributed by atoms with Crippen molar-refractivity contribution in [1.82, 2.24) is 0 Å². The number of ether oxygens (including phenoxy) is 1. The number of rotatable bonds is 4. The minimum absolute atomic E-state index is 0.142. The van der Waals surface area contributed by atoms with Crippen molar-refractivity contribution in [2.75, 3.05) is 12.4 Å². The van der Waals surface area contributed by atoms with Gasteiger partial charge < -0.3 is 10.1 Å². The van der Waals surface area contributed by atoms with E-state index in [4.69, 9.17) is 4.74 Å². The molecule has 0 aliphatic carbocycles. The van der Waals surface area contributed by atoms with Crippen molar-refractivity contribution in [1.29, 1.82) is 0 Å². The first-order valence-electron chi connectivity index (χ1n) is 6.58. The summed E-state index contributed by atoms with van der Waals surface area (Å²) in [7, 11) is 1.38. The molecule has 1 amide bonds. The second-order valence-electron chi connectivity index (χ2n) is 4.68. The molecule has 1 N–H and O–H groups in total. The minimum Gasteiger partial charge on any atom is -0.494 e. The van der Waals surface area contributed by atoms with Gasteiger partial charge >= 0.3 is 0 Å². The minimum atomic E-state index is -0.501. The number of benzene rings is 2. The monoisotopic (exact) mass is 303 g/mol. The van der Waals surface area contributed by atoms with Crippen LogP contribution < -0.4 is 10.1 Å². The Kier molecular flexibility index (Phi) is 4.88. The van der Waals surface area contributed by atoms with E-state index in [-0.39, 0.29) is 17.5 Å². The first-order valence-corrected chi connectivity index (χ1v) is 6.58. The Morgan fingerprint density at radius 1 is 1.18 bits per heavy atom. The predicted molar refractivity (Wildman–Crippen MR) is 81.8 cm³/mol. The molecule has 0 radical (unpaired) electrons. The van der Waals surface area contributed by atoms with Gasteiger partial charge in [0, 0.05) is 11.8 Å². The smallest absolute Gasteiger partial charge is 0.248 e. The molecule has 0 unspecified atom stereocenters. The molecule has 2 aromatic carbocycles. The molecule has 3 nitrogen and oxygen atoms in total. The summed E-state index contributed by atoms with van der Waals surface area (Å²) in [6.07, 6.45) is 2.76. The molecule has 0 saturated carbocycles. The quantitative estimate of drug-likeness (QED) is 0.869. The van der Waals surface area contributed by atoms with Crippen LogP contribution in [0.3, 0.4) is 0 Å². The van der Waals surface area contributed by atoms with Gasteiger partial charge in [-0.05, 0) is 54.5 Å². The molecule has 0 fully saturated rings. The SMILES string of the molecule is COc1ccc(/C=C/C(=O)Nc2ccc(F)cc2C)cc1F.